The number of likely N-dealkylation sites (tertiary alicyclic amines) is 1. The van der Waals surface area contributed by atoms with Gasteiger partial charge in [0.25, 0.3) is 5.91 Å². The Balaban J connectivity index is 1.70. The average molecular weight is 355 g/mol. The number of carbonyl (C=O) groups is 2. The first-order chi connectivity index (χ1) is 12.0. The summed E-state index contributed by atoms with van der Waals surface area (Å²) in [4.78, 5) is 31.3. The fraction of sp³-hybridized carbons (Fsp3) is 0.316. The minimum atomic E-state index is -0.327. The highest BCUT2D eigenvalue weighted by Gasteiger charge is 2.32. The molecule has 1 aromatic heterocycles. The normalized spacial score (nSPS) is 20.3. The molecule has 1 aliphatic rings. The molecule has 2 heterocycles. The third kappa shape index (κ3) is 4.20. The van der Waals surface area contributed by atoms with Gasteiger partial charge in [0.15, 0.2) is 0 Å². The van der Waals surface area contributed by atoms with Crippen LogP contribution in [-0.2, 0) is 4.79 Å². The Bertz CT molecular complexity index is 749. The minimum absolute atomic E-state index is 0.0483. The number of primary amides is 1. The molecule has 5 nitrogen and oxygen atoms in total. The van der Waals surface area contributed by atoms with E-state index >= 15 is 0 Å². The highest BCUT2D eigenvalue weighted by molar-refractivity contribution is 7.99. The number of nitrogens with zero attached hydrogens (tertiary/aromatic N) is 2. The summed E-state index contributed by atoms with van der Waals surface area (Å²) in [5, 5.41) is 0.913. The van der Waals surface area contributed by atoms with Gasteiger partial charge in [-0.15, -0.1) is 0 Å². The van der Waals surface area contributed by atoms with E-state index in [0.29, 0.717) is 12.1 Å². The van der Waals surface area contributed by atoms with Crippen LogP contribution in [0.4, 0.5) is 0 Å². The summed E-state index contributed by atoms with van der Waals surface area (Å²) in [6, 6.07) is 13.4. The number of carbonyl (C=O) groups excluding carboxylic acids is 2. The van der Waals surface area contributed by atoms with Gasteiger partial charge in [-0.05, 0) is 56.2 Å². The van der Waals surface area contributed by atoms with Crippen LogP contribution in [0.5, 0.6) is 0 Å². The monoisotopic (exact) mass is 355 g/mol. The summed E-state index contributed by atoms with van der Waals surface area (Å²) in [6.45, 7) is 2.42. The smallest absolute Gasteiger partial charge is 0.254 e. The third-order valence-corrected chi connectivity index (χ3v) is 5.47. The van der Waals surface area contributed by atoms with Crippen molar-refractivity contribution in [1.29, 1.82) is 0 Å². The van der Waals surface area contributed by atoms with Gasteiger partial charge < -0.3 is 10.6 Å². The van der Waals surface area contributed by atoms with Gasteiger partial charge in [0.2, 0.25) is 5.91 Å². The molecular formula is C19H21N3O2S. The fourth-order valence-electron chi connectivity index (χ4n) is 2.98. The van der Waals surface area contributed by atoms with Gasteiger partial charge in [0.05, 0.1) is 5.92 Å². The Morgan fingerprint density at radius 3 is 2.56 bits per heavy atom. The molecule has 0 bridgehead atoms. The Labute approximate surface area is 151 Å². The van der Waals surface area contributed by atoms with Gasteiger partial charge in [-0.25, -0.2) is 4.98 Å². The minimum Gasteiger partial charge on any atom is -0.369 e. The average Bonchev–Trinajstić information content (AvgIpc) is 2.63. The standard InChI is InChI=1S/C19H21N3O2S/c1-13-5-6-15(18(20)23)12-22(13)19(24)14-7-9-16(10-8-14)25-17-4-2-3-11-21-17/h2-4,7-11,13,15H,5-6,12H2,1H3,(H2,20,23)/t13-,15+/m1/s1. The second-order valence-corrected chi connectivity index (χ2v) is 7.37. The van der Waals surface area contributed by atoms with Gasteiger partial charge in [-0.2, -0.15) is 0 Å². The van der Waals surface area contributed by atoms with Gasteiger partial charge in [0.1, 0.15) is 5.03 Å². The van der Waals surface area contributed by atoms with Gasteiger partial charge in [-0.1, -0.05) is 17.8 Å². The van der Waals surface area contributed by atoms with E-state index in [9.17, 15) is 9.59 Å². The molecule has 1 aliphatic heterocycles. The van der Waals surface area contributed by atoms with Crippen molar-refractivity contribution in [2.24, 2.45) is 11.7 Å². The van der Waals surface area contributed by atoms with Crippen LogP contribution < -0.4 is 5.73 Å². The number of piperidine rings is 1. The second kappa shape index (κ2) is 7.70. The lowest BCUT2D eigenvalue weighted by atomic mass is 9.92. The van der Waals surface area contributed by atoms with E-state index in [4.69, 9.17) is 5.73 Å². The number of hydrogen-bond acceptors (Lipinski definition) is 4. The number of rotatable bonds is 4. The first kappa shape index (κ1) is 17.5. The van der Waals surface area contributed by atoms with Crippen LogP contribution in [0, 0.1) is 5.92 Å². The van der Waals surface area contributed by atoms with Crippen molar-refractivity contribution >= 4 is 23.6 Å². The zero-order valence-electron chi connectivity index (χ0n) is 14.1. The molecular weight excluding hydrogens is 334 g/mol. The van der Waals surface area contributed by atoms with E-state index in [2.05, 4.69) is 4.98 Å². The van der Waals surface area contributed by atoms with Crippen LogP contribution in [0.15, 0.2) is 58.6 Å². The first-order valence-electron chi connectivity index (χ1n) is 8.34. The molecule has 0 aliphatic carbocycles. The maximum atomic E-state index is 12.8. The van der Waals surface area contributed by atoms with E-state index in [1.807, 2.05) is 49.4 Å². The molecule has 2 N–H and O–H groups in total. The molecule has 0 unspecified atom stereocenters. The van der Waals surface area contributed by atoms with E-state index in [-0.39, 0.29) is 23.8 Å². The largest absolute Gasteiger partial charge is 0.369 e. The Kier molecular flexibility index (Phi) is 5.38. The summed E-state index contributed by atoms with van der Waals surface area (Å²) < 4.78 is 0. The lowest BCUT2D eigenvalue weighted by Gasteiger charge is -2.37. The molecule has 2 atom stereocenters. The topological polar surface area (TPSA) is 76.3 Å². The van der Waals surface area contributed by atoms with Crippen LogP contribution in [0.25, 0.3) is 0 Å². The third-order valence-electron chi connectivity index (χ3n) is 4.51. The summed E-state index contributed by atoms with van der Waals surface area (Å²) >= 11 is 1.55. The molecule has 1 fully saturated rings. The van der Waals surface area contributed by atoms with Gasteiger partial charge >= 0.3 is 0 Å². The number of aromatic nitrogens is 1. The zero-order chi connectivity index (χ0) is 17.8. The maximum absolute atomic E-state index is 12.8. The Hall–Kier alpha value is -2.34. The second-order valence-electron chi connectivity index (χ2n) is 6.28. The van der Waals surface area contributed by atoms with Crippen LogP contribution in [-0.4, -0.2) is 34.3 Å². The lowest BCUT2D eigenvalue weighted by Crippen LogP contribution is -2.48. The molecule has 1 saturated heterocycles. The zero-order valence-corrected chi connectivity index (χ0v) is 14.9. The van der Waals surface area contributed by atoms with E-state index in [1.54, 1.807) is 22.9 Å². The summed E-state index contributed by atoms with van der Waals surface area (Å²) in [5.74, 6) is -0.626. The molecule has 1 aromatic carbocycles. The number of benzene rings is 1. The van der Waals surface area contributed by atoms with Crippen molar-refractivity contribution in [2.45, 2.75) is 35.7 Å². The van der Waals surface area contributed by atoms with Gasteiger partial charge in [-0.3, -0.25) is 9.59 Å². The lowest BCUT2D eigenvalue weighted by molar-refractivity contribution is -0.123. The number of amides is 2. The number of pyridine rings is 1. The molecule has 2 aromatic rings. The van der Waals surface area contributed by atoms with Gasteiger partial charge in [0, 0.05) is 29.2 Å². The summed E-state index contributed by atoms with van der Waals surface area (Å²) in [6.07, 6.45) is 3.31. The van der Waals surface area contributed by atoms with Crippen molar-refractivity contribution in [3.8, 4) is 0 Å². The van der Waals surface area contributed by atoms with Crippen LogP contribution in [0.2, 0.25) is 0 Å². The maximum Gasteiger partial charge on any atom is 0.254 e. The van der Waals surface area contributed by atoms with E-state index in [0.717, 1.165) is 22.8 Å². The first-order valence-corrected chi connectivity index (χ1v) is 9.15. The SMILES string of the molecule is C[C@@H]1CC[C@H](C(N)=O)CN1C(=O)c1ccc(Sc2ccccn2)cc1. The highest BCUT2D eigenvalue weighted by atomic mass is 32.2. The molecule has 2 amide bonds. The van der Waals surface area contributed by atoms with E-state index < -0.39 is 0 Å². The predicted octanol–water partition coefficient (Wildman–Crippen LogP) is 2.96. The quantitative estimate of drug-likeness (QED) is 0.915. The molecule has 0 radical (unpaired) electrons. The molecule has 3 rings (SSSR count). The predicted molar refractivity (Wildman–Crippen MR) is 97.2 cm³/mol. The molecule has 130 valence electrons. The summed E-state index contributed by atoms with van der Waals surface area (Å²) in [5.41, 5.74) is 6.05. The highest BCUT2D eigenvalue weighted by Crippen LogP contribution is 2.27. The molecule has 0 saturated carbocycles. The molecule has 6 heteroatoms. The van der Waals surface area contributed by atoms with Crippen molar-refractivity contribution in [3.63, 3.8) is 0 Å². The molecule has 0 spiro atoms. The van der Waals surface area contributed by atoms with Crippen LogP contribution in [0.1, 0.15) is 30.1 Å². The van der Waals surface area contributed by atoms with Crippen molar-refractivity contribution in [3.05, 3.63) is 54.2 Å². The fourth-order valence-corrected chi connectivity index (χ4v) is 3.76. The molecule has 25 heavy (non-hydrogen) atoms. The van der Waals surface area contributed by atoms with Crippen LogP contribution >= 0.6 is 11.8 Å². The van der Waals surface area contributed by atoms with Crippen molar-refractivity contribution < 1.29 is 9.59 Å². The number of nitrogens with two attached hydrogens (primary N) is 1. The van der Waals surface area contributed by atoms with Crippen molar-refractivity contribution in [1.82, 2.24) is 9.88 Å². The Morgan fingerprint density at radius 1 is 1.16 bits per heavy atom. The summed E-state index contributed by atoms with van der Waals surface area (Å²) in [7, 11) is 0. The van der Waals surface area contributed by atoms with Crippen molar-refractivity contribution in [2.75, 3.05) is 6.54 Å². The number of hydrogen-bond donors (Lipinski definition) is 1. The van der Waals surface area contributed by atoms with E-state index in [1.165, 1.54) is 0 Å². The Morgan fingerprint density at radius 2 is 1.92 bits per heavy atom. The van der Waals surface area contributed by atoms with Crippen LogP contribution in [0.3, 0.4) is 0 Å².